The zero-order valence-electron chi connectivity index (χ0n) is 13.6. The van der Waals surface area contributed by atoms with Gasteiger partial charge in [0.25, 0.3) is 0 Å². The first-order chi connectivity index (χ1) is 11.9. The molecule has 4 nitrogen and oxygen atoms in total. The van der Waals surface area contributed by atoms with Gasteiger partial charge in [0.2, 0.25) is 11.8 Å². The van der Waals surface area contributed by atoms with Gasteiger partial charge in [0.1, 0.15) is 11.8 Å². The molecule has 0 spiro atoms. The number of rotatable bonds is 1. The van der Waals surface area contributed by atoms with Crippen molar-refractivity contribution in [2.75, 3.05) is 4.90 Å². The lowest BCUT2D eigenvalue weighted by Gasteiger charge is -2.28. The van der Waals surface area contributed by atoms with Crippen LogP contribution in [0, 0.1) is 11.8 Å². The van der Waals surface area contributed by atoms with Crippen molar-refractivity contribution in [2.45, 2.75) is 29.5 Å². The summed E-state index contributed by atoms with van der Waals surface area (Å²) in [5, 5.41) is 0. The first-order valence-corrected chi connectivity index (χ1v) is 9.74. The van der Waals surface area contributed by atoms with E-state index in [1.165, 1.54) is 12.1 Å². The second-order valence-corrected chi connectivity index (χ2v) is 10.2. The molecular weight excluding hydrogens is 435 g/mol. The van der Waals surface area contributed by atoms with Crippen LogP contribution in [0.2, 0.25) is 0 Å². The van der Waals surface area contributed by atoms with Gasteiger partial charge >= 0.3 is 6.18 Å². The number of hydrogen-bond donors (Lipinski definition) is 0. The van der Waals surface area contributed by atoms with Gasteiger partial charge in [0.15, 0.2) is 9.49 Å². The third kappa shape index (κ3) is 2.02. The second-order valence-electron chi connectivity index (χ2n) is 7.10. The van der Waals surface area contributed by atoms with Gasteiger partial charge < -0.3 is 4.55 Å². The molecule has 0 aliphatic carbocycles. The van der Waals surface area contributed by atoms with Gasteiger partial charge in [-0.15, -0.1) is 0 Å². The molecular formula is C17H13BrF3NO3S. The molecule has 5 atom stereocenters. The Balaban J connectivity index is 1.81. The van der Waals surface area contributed by atoms with E-state index in [2.05, 4.69) is 15.9 Å². The predicted molar refractivity (Wildman–Crippen MR) is 92.7 cm³/mol. The van der Waals surface area contributed by atoms with E-state index in [9.17, 15) is 27.3 Å². The van der Waals surface area contributed by atoms with E-state index in [-0.39, 0.29) is 10.2 Å². The van der Waals surface area contributed by atoms with Crippen LogP contribution < -0.4 is 4.90 Å². The maximum absolute atomic E-state index is 13.2. The molecule has 3 aliphatic heterocycles. The Bertz CT molecular complexity index is 850. The summed E-state index contributed by atoms with van der Waals surface area (Å²) in [6.07, 6.45) is -1.24. The van der Waals surface area contributed by atoms with E-state index in [0.29, 0.717) is 0 Å². The van der Waals surface area contributed by atoms with E-state index in [1.54, 1.807) is 26.0 Å². The zero-order valence-corrected chi connectivity index (χ0v) is 16.0. The van der Waals surface area contributed by atoms with Crippen LogP contribution in [-0.2, 0) is 26.9 Å². The number of hydrogen-bond acceptors (Lipinski definition) is 3. The number of benzene rings is 1. The molecule has 2 saturated heterocycles. The van der Waals surface area contributed by atoms with Gasteiger partial charge in [-0.1, -0.05) is 15.9 Å². The predicted octanol–water partition coefficient (Wildman–Crippen LogP) is 3.42. The Morgan fingerprint density at radius 3 is 2.08 bits per heavy atom. The molecule has 3 heterocycles. The molecule has 0 aromatic heterocycles. The fourth-order valence-electron chi connectivity index (χ4n) is 4.31. The monoisotopic (exact) mass is 447 g/mol. The van der Waals surface area contributed by atoms with Crippen molar-refractivity contribution in [1.29, 1.82) is 0 Å². The summed E-state index contributed by atoms with van der Waals surface area (Å²) < 4.78 is 50.2. The Morgan fingerprint density at radius 1 is 1.12 bits per heavy atom. The molecule has 26 heavy (non-hydrogen) atoms. The summed E-state index contributed by atoms with van der Waals surface area (Å²) in [6.45, 7) is 3.32. The number of anilines is 1. The molecule has 9 heteroatoms. The fraction of sp³-hybridized carbons (Fsp3) is 0.412. The smallest absolute Gasteiger partial charge is 0.417 e. The average molecular weight is 448 g/mol. The molecule has 4 rings (SSSR count). The van der Waals surface area contributed by atoms with E-state index in [4.69, 9.17) is 0 Å². The topological polar surface area (TPSA) is 60.4 Å². The summed E-state index contributed by atoms with van der Waals surface area (Å²) in [4.78, 5) is 26.8. The first-order valence-electron chi connectivity index (χ1n) is 7.80. The largest absolute Gasteiger partial charge is 0.615 e. The molecule has 1 aromatic rings. The molecule has 2 amide bonds. The van der Waals surface area contributed by atoms with Crippen molar-refractivity contribution < 1.29 is 27.3 Å². The lowest BCUT2D eigenvalue weighted by Crippen LogP contribution is -2.44. The van der Waals surface area contributed by atoms with Crippen LogP contribution in [0.5, 0.6) is 0 Å². The summed E-state index contributed by atoms with van der Waals surface area (Å²) in [5.74, 6) is -2.86. The Kier molecular flexibility index (Phi) is 3.57. The van der Waals surface area contributed by atoms with Gasteiger partial charge in [-0.05, 0) is 55.4 Å². The highest BCUT2D eigenvalue weighted by atomic mass is 79.9. The third-order valence-corrected chi connectivity index (χ3v) is 8.67. The normalized spacial score (nSPS) is 38.4. The van der Waals surface area contributed by atoms with E-state index in [0.717, 1.165) is 11.0 Å². The molecule has 138 valence electrons. The van der Waals surface area contributed by atoms with E-state index < -0.39 is 56.1 Å². The lowest BCUT2D eigenvalue weighted by molar-refractivity contribution is -0.138. The summed E-state index contributed by atoms with van der Waals surface area (Å²) in [7, 11) is 0. The fourth-order valence-corrected chi connectivity index (χ4v) is 7.05. The number of amides is 2. The molecule has 1 aromatic carbocycles. The van der Waals surface area contributed by atoms with Crippen LogP contribution >= 0.6 is 15.9 Å². The highest BCUT2D eigenvalue weighted by molar-refractivity contribution is 9.10. The summed E-state index contributed by atoms with van der Waals surface area (Å²) in [5.41, 5.74) is -1.09. The van der Waals surface area contributed by atoms with Crippen molar-refractivity contribution in [1.82, 2.24) is 0 Å². The minimum atomic E-state index is -4.63. The highest BCUT2D eigenvalue weighted by Crippen LogP contribution is 2.61. The lowest BCUT2D eigenvalue weighted by atomic mass is 9.73. The number of nitrogens with zero attached hydrogens (tertiary/aromatic N) is 1. The first kappa shape index (κ1) is 18.1. The molecule has 0 saturated carbocycles. The van der Waals surface area contributed by atoms with Gasteiger partial charge in [-0.2, -0.15) is 13.2 Å². The molecule has 2 fully saturated rings. The van der Waals surface area contributed by atoms with E-state index in [1.807, 2.05) is 0 Å². The summed E-state index contributed by atoms with van der Waals surface area (Å²) >= 11 is 1.41. The van der Waals surface area contributed by atoms with Gasteiger partial charge in [-0.25, -0.2) is 4.90 Å². The number of imide groups is 1. The van der Waals surface area contributed by atoms with Crippen LogP contribution in [0.3, 0.4) is 0 Å². The van der Waals surface area contributed by atoms with E-state index >= 15 is 0 Å². The molecule has 0 unspecified atom stereocenters. The SMILES string of the molecule is C[C@]12C=C[C@](C)([C@@H]3C(=O)N(c4ccc(Br)c(C(F)(F)F)c4)C(=O)[C@@H]31)[S@@+]2[O-]. The Labute approximate surface area is 158 Å². The van der Waals surface area contributed by atoms with Gasteiger partial charge in [0, 0.05) is 4.47 Å². The zero-order chi connectivity index (χ0) is 19.2. The van der Waals surface area contributed by atoms with Crippen molar-refractivity contribution in [3.8, 4) is 0 Å². The molecule has 0 N–H and O–H groups in total. The average Bonchev–Trinajstić information content (AvgIpc) is 3.01. The number of carbonyl (C=O) groups excluding carboxylic acids is 2. The van der Waals surface area contributed by atoms with Crippen LogP contribution in [0.15, 0.2) is 34.8 Å². The van der Waals surface area contributed by atoms with Crippen molar-refractivity contribution >= 4 is 44.6 Å². The number of halogens is 4. The maximum atomic E-state index is 13.2. The number of fused-ring (bicyclic) bond motifs is 5. The number of carbonyl (C=O) groups is 2. The highest BCUT2D eigenvalue weighted by Gasteiger charge is 2.78. The third-order valence-electron chi connectivity index (χ3n) is 5.60. The van der Waals surface area contributed by atoms with Crippen LogP contribution in [0.4, 0.5) is 18.9 Å². The Hall–Kier alpha value is -1.32. The minimum absolute atomic E-state index is 0.123. The minimum Gasteiger partial charge on any atom is -0.615 e. The maximum Gasteiger partial charge on any atom is 0.417 e. The quantitative estimate of drug-likeness (QED) is 0.376. The standard InChI is InChI=1S/C17H13BrF3NO3S/c1-15-5-6-16(2,26(15)25)12-11(15)13(23)22(14(12)24)8-3-4-10(18)9(7-8)17(19,20)21/h3-7,11-12H,1-2H3/t11-,12+,15+,16-,26+. The van der Waals surface area contributed by atoms with Crippen molar-refractivity contribution in [2.24, 2.45) is 11.8 Å². The molecule has 3 aliphatic rings. The van der Waals surface area contributed by atoms with Gasteiger partial charge in [-0.3, -0.25) is 9.59 Å². The Morgan fingerprint density at radius 2 is 1.62 bits per heavy atom. The van der Waals surface area contributed by atoms with Gasteiger partial charge in [0.05, 0.1) is 11.3 Å². The molecule has 2 bridgehead atoms. The molecule has 0 radical (unpaired) electrons. The van der Waals surface area contributed by atoms with Crippen LogP contribution in [-0.4, -0.2) is 25.9 Å². The number of alkyl halides is 3. The summed E-state index contributed by atoms with van der Waals surface area (Å²) in [6, 6.07) is 3.26. The van der Waals surface area contributed by atoms with Crippen molar-refractivity contribution in [3.63, 3.8) is 0 Å². The second kappa shape index (κ2) is 5.14. The van der Waals surface area contributed by atoms with Crippen LogP contribution in [0.25, 0.3) is 0 Å². The van der Waals surface area contributed by atoms with Crippen LogP contribution in [0.1, 0.15) is 19.4 Å². The van der Waals surface area contributed by atoms with Crippen molar-refractivity contribution in [3.05, 3.63) is 40.4 Å².